The van der Waals surface area contributed by atoms with Crippen LogP contribution in [0.25, 0.3) is 0 Å². The lowest BCUT2D eigenvalue weighted by Crippen LogP contribution is -2.48. The van der Waals surface area contributed by atoms with Crippen molar-refractivity contribution in [3.63, 3.8) is 0 Å². The van der Waals surface area contributed by atoms with Gasteiger partial charge in [0.2, 0.25) is 0 Å². The quantitative estimate of drug-likeness (QED) is 0.330. The van der Waals surface area contributed by atoms with E-state index in [2.05, 4.69) is 45.7 Å². The summed E-state index contributed by atoms with van der Waals surface area (Å²) < 4.78 is 11.4. The van der Waals surface area contributed by atoms with Crippen LogP contribution >= 0.6 is 24.0 Å². The van der Waals surface area contributed by atoms with Crippen LogP contribution in [0.2, 0.25) is 0 Å². The molecule has 3 rings (SSSR count). The first-order valence-electron chi connectivity index (χ1n) is 10.2. The number of guanidine groups is 1. The summed E-state index contributed by atoms with van der Waals surface area (Å²) in [4.78, 5) is 8.77. The van der Waals surface area contributed by atoms with Crippen molar-refractivity contribution in [1.82, 2.24) is 15.6 Å². The number of nitrogens with one attached hydrogen (secondary N) is 2. The van der Waals surface area contributed by atoms with E-state index in [0.29, 0.717) is 0 Å². The van der Waals surface area contributed by atoms with Crippen LogP contribution in [0.3, 0.4) is 0 Å². The number of hydrogen-bond acceptors (Lipinski definition) is 4. The van der Waals surface area contributed by atoms with Crippen LogP contribution in [0.15, 0.2) is 47.6 Å². The van der Waals surface area contributed by atoms with Gasteiger partial charge in [-0.25, -0.2) is 0 Å². The Labute approximate surface area is 196 Å². The molecule has 2 heterocycles. The maximum absolute atomic E-state index is 5.70. The highest BCUT2D eigenvalue weighted by atomic mass is 127. The van der Waals surface area contributed by atoms with E-state index in [1.54, 1.807) is 14.2 Å². The topological polar surface area (TPSA) is 67.8 Å². The predicted octanol–water partition coefficient (Wildman–Crippen LogP) is 3.47. The molecule has 30 heavy (non-hydrogen) atoms. The first-order valence-corrected chi connectivity index (χ1v) is 10.2. The Hall–Kier alpha value is -1.87. The van der Waals surface area contributed by atoms with E-state index >= 15 is 0 Å². The van der Waals surface area contributed by atoms with Gasteiger partial charge >= 0.3 is 0 Å². The first kappa shape index (κ1) is 24.4. The molecule has 1 aliphatic heterocycles. The fraction of sp³-hybridized carbons (Fsp3) is 0.478. The third kappa shape index (κ3) is 6.31. The van der Waals surface area contributed by atoms with Gasteiger partial charge in [0.1, 0.15) is 5.75 Å². The molecule has 0 unspecified atom stereocenters. The monoisotopic (exact) mass is 524 g/mol. The summed E-state index contributed by atoms with van der Waals surface area (Å²) in [6, 6.07) is 12.4. The second-order valence-corrected chi connectivity index (χ2v) is 7.52. The fourth-order valence-electron chi connectivity index (χ4n) is 3.87. The van der Waals surface area contributed by atoms with Crippen LogP contribution in [-0.4, -0.2) is 51.4 Å². The van der Waals surface area contributed by atoms with Gasteiger partial charge in [0.15, 0.2) is 5.96 Å². The van der Waals surface area contributed by atoms with E-state index in [0.717, 1.165) is 63.0 Å². The van der Waals surface area contributed by atoms with Crippen molar-refractivity contribution in [1.29, 1.82) is 0 Å². The molecule has 0 aliphatic carbocycles. The number of hydrogen-bond donors (Lipinski definition) is 2. The highest BCUT2D eigenvalue weighted by molar-refractivity contribution is 14.0. The summed E-state index contributed by atoms with van der Waals surface area (Å²) in [5.41, 5.74) is 3.51. The van der Waals surface area contributed by atoms with E-state index in [1.807, 2.05) is 24.4 Å². The molecule has 0 bridgehead atoms. The molecule has 2 N–H and O–H groups in total. The molecule has 6 nitrogen and oxygen atoms in total. The zero-order valence-electron chi connectivity index (χ0n) is 18.1. The van der Waals surface area contributed by atoms with Gasteiger partial charge < -0.3 is 20.1 Å². The van der Waals surface area contributed by atoms with Gasteiger partial charge in [0, 0.05) is 62.6 Å². The molecule has 0 spiro atoms. The van der Waals surface area contributed by atoms with Crippen LogP contribution in [0, 0.1) is 6.92 Å². The van der Waals surface area contributed by atoms with Crippen molar-refractivity contribution in [3.8, 4) is 5.75 Å². The smallest absolute Gasteiger partial charge is 0.191 e. The van der Waals surface area contributed by atoms with Gasteiger partial charge in [-0.2, -0.15) is 0 Å². The van der Waals surface area contributed by atoms with Crippen molar-refractivity contribution in [2.24, 2.45) is 4.99 Å². The summed E-state index contributed by atoms with van der Waals surface area (Å²) in [5, 5.41) is 6.95. The van der Waals surface area contributed by atoms with E-state index in [-0.39, 0.29) is 29.4 Å². The SMILES string of the molecule is CN=C(NCCc1ccccn1)NCC1(c2cc(C)ccc2OC)CCOCC1.I. The summed E-state index contributed by atoms with van der Waals surface area (Å²) >= 11 is 0. The number of benzene rings is 1. The molecule has 0 radical (unpaired) electrons. The number of methoxy groups -OCH3 is 1. The average Bonchev–Trinajstić information content (AvgIpc) is 2.77. The fourth-order valence-corrected chi connectivity index (χ4v) is 3.87. The molecule has 1 aliphatic rings. The second kappa shape index (κ2) is 12.1. The van der Waals surface area contributed by atoms with Crippen molar-refractivity contribution in [3.05, 3.63) is 59.4 Å². The minimum atomic E-state index is -0.0474. The lowest BCUT2D eigenvalue weighted by Gasteiger charge is -2.39. The normalized spacial score (nSPS) is 15.8. The number of rotatable bonds is 7. The maximum Gasteiger partial charge on any atom is 0.191 e. The van der Waals surface area contributed by atoms with Gasteiger partial charge in [0.05, 0.1) is 7.11 Å². The predicted molar refractivity (Wildman–Crippen MR) is 132 cm³/mol. The second-order valence-electron chi connectivity index (χ2n) is 7.52. The van der Waals surface area contributed by atoms with Gasteiger partial charge in [-0.3, -0.25) is 9.98 Å². The molecular weight excluding hydrogens is 491 g/mol. The summed E-state index contributed by atoms with van der Waals surface area (Å²) in [5.74, 6) is 1.75. The number of nitrogens with zero attached hydrogens (tertiary/aromatic N) is 2. The summed E-state index contributed by atoms with van der Waals surface area (Å²) in [6.45, 7) is 5.19. The number of aliphatic imine (C=N–C) groups is 1. The minimum absolute atomic E-state index is 0. The standard InChI is InChI=1S/C23H32N4O2.HI/c1-18-7-8-21(28-3)20(16-18)23(10-14-29-15-11-23)17-27-22(24-2)26-13-9-19-6-4-5-12-25-19;/h4-8,12,16H,9-11,13-15,17H2,1-3H3,(H2,24,26,27);1H. The van der Waals surface area contributed by atoms with Crippen LogP contribution in [0.1, 0.15) is 29.7 Å². The Morgan fingerprint density at radius 1 is 1.20 bits per heavy atom. The molecule has 7 heteroatoms. The van der Waals surface area contributed by atoms with E-state index in [9.17, 15) is 0 Å². The molecule has 164 valence electrons. The first-order chi connectivity index (χ1) is 14.2. The number of aromatic nitrogens is 1. The van der Waals surface area contributed by atoms with Crippen molar-refractivity contribution >= 4 is 29.9 Å². The Morgan fingerprint density at radius 3 is 2.67 bits per heavy atom. The lowest BCUT2D eigenvalue weighted by atomic mass is 9.73. The molecule has 0 amide bonds. The molecule has 2 aromatic rings. The Bertz CT molecular complexity index is 808. The largest absolute Gasteiger partial charge is 0.496 e. The molecular formula is C23H33IN4O2. The van der Waals surface area contributed by atoms with Crippen molar-refractivity contribution < 1.29 is 9.47 Å². The summed E-state index contributed by atoms with van der Waals surface area (Å²) in [7, 11) is 3.55. The number of pyridine rings is 1. The zero-order valence-corrected chi connectivity index (χ0v) is 20.4. The molecule has 1 saturated heterocycles. The van der Waals surface area contributed by atoms with E-state index < -0.39 is 0 Å². The van der Waals surface area contributed by atoms with Gasteiger partial charge in [0.25, 0.3) is 0 Å². The number of ether oxygens (including phenoxy) is 2. The molecule has 1 fully saturated rings. The van der Waals surface area contributed by atoms with Gasteiger partial charge in [-0.15, -0.1) is 24.0 Å². The Morgan fingerprint density at radius 2 is 2.00 bits per heavy atom. The highest BCUT2D eigenvalue weighted by Crippen LogP contribution is 2.40. The lowest BCUT2D eigenvalue weighted by molar-refractivity contribution is 0.0505. The molecule has 0 saturated carbocycles. The van der Waals surface area contributed by atoms with Crippen LogP contribution < -0.4 is 15.4 Å². The number of aryl methyl sites for hydroxylation is 1. The Kier molecular flexibility index (Phi) is 9.84. The molecule has 1 aromatic carbocycles. The van der Waals surface area contributed by atoms with Gasteiger partial charge in [-0.1, -0.05) is 23.8 Å². The van der Waals surface area contributed by atoms with Gasteiger partial charge in [-0.05, 0) is 38.0 Å². The van der Waals surface area contributed by atoms with Crippen LogP contribution in [0.4, 0.5) is 0 Å². The van der Waals surface area contributed by atoms with Crippen molar-refractivity contribution in [2.45, 2.75) is 31.6 Å². The van der Waals surface area contributed by atoms with Crippen LogP contribution in [0.5, 0.6) is 5.75 Å². The third-order valence-corrected chi connectivity index (χ3v) is 5.59. The number of halogens is 1. The van der Waals surface area contributed by atoms with E-state index in [1.165, 1.54) is 11.1 Å². The maximum atomic E-state index is 5.70. The zero-order chi connectivity index (χ0) is 20.5. The average molecular weight is 524 g/mol. The molecule has 0 atom stereocenters. The minimum Gasteiger partial charge on any atom is -0.496 e. The van der Waals surface area contributed by atoms with Crippen molar-refractivity contribution in [2.75, 3.05) is 40.5 Å². The molecule has 1 aromatic heterocycles. The van der Waals surface area contributed by atoms with E-state index in [4.69, 9.17) is 9.47 Å². The Balaban J connectivity index is 0.00000320. The summed E-state index contributed by atoms with van der Waals surface area (Å²) in [6.07, 6.45) is 4.58. The van der Waals surface area contributed by atoms with Crippen LogP contribution in [-0.2, 0) is 16.6 Å². The third-order valence-electron chi connectivity index (χ3n) is 5.59. The highest BCUT2D eigenvalue weighted by Gasteiger charge is 2.37.